The number of carbonyl (C=O) groups is 1. The monoisotopic (exact) mass is 438 g/mol. The van der Waals surface area contributed by atoms with Crippen LogP contribution in [0.3, 0.4) is 0 Å². The van der Waals surface area contributed by atoms with Crippen molar-refractivity contribution in [2.24, 2.45) is 0 Å². The number of nitrogens with zero attached hydrogens (tertiary/aromatic N) is 6. The summed E-state index contributed by atoms with van der Waals surface area (Å²) in [5.41, 5.74) is 3.09. The van der Waals surface area contributed by atoms with Crippen molar-refractivity contribution in [2.75, 3.05) is 12.4 Å². The molecule has 0 spiro atoms. The van der Waals surface area contributed by atoms with Crippen LogP contribution in [0.4, 0.5) is 0 Å². The number of ether oxygens (including phenoxy) is 1. The molecule has 0 bridgehead atoms. The molecule has 0 unspecified atom stereocenters. The van der Waals surface area contributed by atoms with E-state index in [1.807, 2.05) is 68.7 Å². The lowest BCUT2D eigenvalue weighted by molar-refractivity contribution is 0.102. The molecule has 0 N–H and O–H groups in total. The fourth-order valence-corrected chi connectivity index (χ4v) is 4.16. The minimum atomic E-state index is -0.0165. The Morgan fingerprint density at radius 2 is 2.00 bits per heavy atom. The summed E-state index contributed by atoms with van der Waals surface area (Å²) in [6.45, 7) is 8.12. The van der Waals surface area contributed by atoms with E-state index in [0.717, 1.165) is 17.1 Å². The Morgan fingerprint density at radius 3 is 2.74 bits per heavy atom. The zero-order valence-corrected chi connectivity index (χ0v) is 18.5. The number of rotatable bonds is 8. The number of ketones is 1. The van der Waals surface area contributed by atoms with Gasteiger partial charge in [-0.3, -0.25) is 9.36 Å². The van der Waals surface area contributed by atoms with Crippen LogP contribution in [-0.2, 0) is 0 Å². The molecule has 0 amide bonds. The van der Waals surface area contributed by atoms with Gasteiger partial charge in [0, 0.05) is 23.0 Å². The fourth-order valence-electron chi connectivity index (χ4n) is 3.39. The molecule has 3 heterocycles. The van der Waals surface area contributed by atoms with Gasteiger partial charge in [0.05, 0.1) is 12.4 Å². The van der Waals surface area contributed by atoms with Gasteiger partial charge in [-0.25, -0.2) is 0 Å². The Hall–Kier alpha value is -3.40. The van der Waals surface area contributed by atoms with Crippen LogP contribution >= 0.6 is 11.8 Å². The zero-order chi connectivity index (χ0) is 22.0. The van der Waals surface area contributed by atoms with Crippen molar-refractivity contribution in [3.8, 4) is 17.3 Å². The Morgan fingerprint density at radius 1 is 1.19 bits per heavy atom. The minimum absolute atomic E-state index is 0.0165. The predicted octanol–water partition coefficient (Wildman–Crippen LogP) is 3.74. The molecule has 0 radical (unpaired) electrons. The summed E-state index contributed by atoms with van der Waals surface area (Å²) in [7, 11) is 0. The molecule has 0 aliphatic heterocycles. The molecule has 0 atom stereocenters. The highest BCUT2D eigenvalue weighted by Crippen LogP contribution is 2.27. The maximum absolute atomic E-state index is 13.0. The van der Waals surface area contributed by atoms with Crippen molar-refractivity contribution in [3.63, 3.8) is 0 Å². The molecule has 1 aromatic carbocycles. The molecule has 31 heavy (non-hydrogen) atoms. The second-order valence-corrected chi connectivity index (χ2v) is 7.84. The van der Waals surface area contributed by atoms with Crippen LogP contribution in [0.5, 0.6) is 5.75 Å². The van der Waals surface area contributed by atoms with E-state index in [1.54, 1.807) is 4.68 Å². The SMILES string of the molecule is CCOc1ccccc1-n1nnnc1SCC(=O)c1cc(C)n(-c2cc(C)on2)c1C. The van der Waals surface area contributed by atoms with Crippen molar-refractivity contribution in [1.29, 1.82) is 0 Å². The van der Waals surface area contributed by atoms with E-state index in [2.05, 4.69) is 20.7 Å². The van der Waals surface area contributed by atoms with Gasteiger partial charge >= 0.3 is 0 Å². The standard InChI is InChI=1S/C21H22N6O3S/c1-5-29-19-9-7-6-8-17(19)27-21(22-24-25-27)31-12-18(28)16-10-13(2)26(15(16)4)20-11-14(3)30-23-20/h6-11H,5,12H2,1-4H3. The number of benzene rings is 1. The number of carbonyl (C=O) groups excluding carboxylic acids is 1. The summed E-state index contributed by atoms with van der Waals surface area (Å²) >= 11 is 1.28. The molecule has 3 aromatic heterocycles. The minimum Gasteiger partial charge on any atom is -0.492 e. The first-order chi connectivity index (χ1) is 15.0. The van der Waals surface area contributed by atoms with Crippen LogP contribution in [0.2, 0.25) is 0 Å². The lowest BCUT2D eigenvalue weighted by atomic mass is 10.2. The second kappa shape index (κ2) is 8.76. The van der Waals surface area contributed by atoms with Gasteiger partial charge in [-0.1, -0.05) is 29.1 Å². The first-order valence-corrected chi connectivity index (χ1v) is 10.8. The first-order valence-electron chi connectivity index (χ1n) is 9.78. The van der Waals surface area contributed by atoms with Crippen molar-refractivity contribution >= 4 is 17.5 Å². The molecule has 4 aromatic rings. The third kappa shape index (κ3) is 4.11. The molecule has 10 heteroatoms. The molecular formula is C21H22N6O3S. The first kappa shape index (κ1) is 20.9. The van der Waals surface area contributed by atoms with Crippen LogP contribution in [0.15, 0.2) is 46.1 Å². The van der Waals surface area contributed by atoms with Gasteiger partial charge in [0.15, 0.2) is 11.6 Å². The van der Waals surface area contributed by atoms with Crippen molar-refractivity contribution in [2.45, 2.75) is 32.9 Å². The van der Waals surface area contributed by atoms with Gasteiger partial charge in [0.25, 0.3) is 0 Å². The van der Waals surface area contributed by atoms with Gasteiger partial charge in [-0.05, 0) is 56.3 Å². The molecule has 4 rings (SSSR count). The summed E-state index contributed by atoms with van der Waals surface area (Å²) in [5, 5.41) is 16.5. The molecule has 0 aliphatic rings. The van der Waals surface area contributed by atoms with Gasteiger partial charge in [0.1, 0.15) is 17.2 Å². The molecule has 0 saturated carbocycles. The van der Waals surface area contributed by atoms with Gasteiger partial charge in [-0.15, -0.1) is 5.10 Å². The highest BCUT2D eigenvalue weighted by atomic mass is 32.2. The van der Waals surface area contributed by atoms with Crippen LogP contribution < -0.4 is 4.74 Å². The lowest BCUT2D eigenvalue weighted by Gasteiger charge is -2.10. The van der Waals surface area contributed by atoms with Crippen LogP contribution in [0.1, 0.15) is 34.4 Å². The number of aryl methyl sites for hydroxylation is 2. The summed E-state index contributed by atoms with van der Waals surface area (Å²) in [6, 6.07) is 11.2. The summed E-state index contributed by atoms with van der Waals surface area (Å²) in [4.78, 5) is 13.0. The molecule has 0 fully saturated rings. The maximum Gasteiger partial charge on any atom is 0.214 e. The average Bonchev–Trinajstić information content (AvgIpc) is 3.46. The van der Waals surface area contributed by atoms with E-state index in [-0.39, 0.29) is 11.5 Å². The van der Waals surface area contributed by atoms with E-state index >= 15 is 0 Å². The van der Waals surface area contributed by atoms with Crippen LogP contribution in [-0.4, -0.2) is 48.1 Å². The van der Waals surface area contributed by atoms with E-state index in [9.17, 15) is 4.79 Å². The van der Waals surface area contributed by atoms with Crippen molar-refractivity contribution in [1.82, 2.24) is 29.9 Å². The molecular weight excluding hydrogens is 416 g/mol. The Bertz CT molecular complexity index is 1230. The summed E-state index contributed by atoms with van der Waals surface area (Å²) in [6.07, 6.45) is 0. The number of tetrazole rings is 1. The number of hydrogen-bond acceptors (Lipinski definition) is 8. The summed E-state index contributed by atoms with van der Waals surface area (Å²) in [5.74, 6) is 2.23. The lowest BCUT2D eigenvalue weighted by Crippen LogP contribution is -2.08. The van der Waals surface area contributed by atoms with E-state index < -0.39 is 0 Å². The van der Waals surface area contributed by atoms with E-state index in [1.165, 1.54) is 11.8 Å². The normalized spacial score (nSPS) is 11.1. The van der Waals surface area contributed by atoms with Crippen LogP contribution in [0.25, 0.3) is 11.5 Å². The smallest absolute Gasteiger partial charge is 0.214 e. The van der Waals surface area contributed by atoms with Crippen molar-refractivity contribution in [3.05, 3.63) is 59.1 Å². The van der Waals surface area contributed by atoms with Crippen LogP contribution in [0, 0.1) is 20.8 Å². The second-order valence-electron chi connectivity index (χ2n) is 6.90. The Balaban J connectivity index is 1.55. The number of hydrogen-bond donors (Lipinski definition) is 0. The zero-order valence-electron chi connectivity index (χ0n) is 17.7. The maximum atomic E-state index is 13.0. The third-order valence-electron chi connectivity index (χ3n) is 4.74. The van der Waals surface area contributed by atoms with Gasteiger partial charge in [0.2, 0.25) is 5.16 Å². The van der Waals surface area contributed by atoms with Gasteiger partial charge < -0.3 is 9.26 Å². The number of thioether (sulfide) groups is 1. The number of aromatic nitrogens is 6. The summed E-state index contributed by atoms with van der Waals surface area (Å²) < 4.78 is 14.4. The van der Waals surface area contributed by atoms with Crippen molar-refractivity contribution < 1.29 is 14.1 Å². The molecule has 9 nitrogen and oxygen atoms in total. The van der Waals surface area contributed by atoms with Gasteiger partial charge in [-0.2, -0.15) is 4.68 Å². The Labute approximate surface area is 183 Å². The topological polar surface area (TPSA) is 101 Å². The molecule has 0 aliphatic carbocycles. The average molecular weight is 439 g/mol. The number of para-hydroxylation sites is 2. The highest BCUT2D eigenvalue weighted by Gasteiger charge is 2.20. The quantitative estimate of drug-likeness (QED) is 0.303. The predicted molar refractivity (Wildman–Crippen MR) is 115 cm³/mol. The largest absolute Gasteiger partial charge is 0.492 e. The fraction of sp³-hybridized carbons (Fsp3) is 0.286. The molecule has 0 saturated heterocycles. The van der Waals surface area contributed by atoms with E-state index in [4.69, 9.17) is 9.26 Å². The van der Waals surface area contributed by atoms with E-state index in [0.29, 0.717) is 34.7 Å². The Kier molecular flexibility index (Phi) is 5.90. The highest BCUT2D eigenvalue weighted by molar-refractivity contribution is 7.99. The third-order valence-corrected chi connectivity index (χ3v) is 5.66. The molecule has 160 valence electrons. The number of Topliss-reactive ketones (excluding diaryl/α,β-unsaturated/α-hetero) is 1.